The molecule has 0 aliphatic carbocycles. The molecule has 0 bridgehead atoms. The average Bonchev–Trinajstić information content (AvgIpc) is 3.15. The van der Waals surface area contributed by atoms with E-state index in [1.54, 1.807) is 43.6 Å². The van der Waals surface area contributed by atoms with Gasteiger partial charge in [-0.2, -0.15) is 0 Å². The molecule has 2 amide bonds. The Bertz CT molecular complexity index is 1110. The van der Waals surface area contributed by atoms with Gasteiger partial charge in [0.15, 0.2) is 5.65 Å². The topological polar surface area (TPSA) is 115 Å². The normalized spacial score (nSPS) is 11.0. The number of unbranched alkanes of at least 4 members (excludes halogenated alkanes) is 1. The van der Waals surface area contributed by atoms with Gasteiger partial charge >= 0.3 is 0 Å². The van der Waals surface area contributed by atoms with Crippen LogP contribution in [0.4, 0.5) is 11.6 Å². The monoisotopic (exact) mass is 452 g/mol. The number of hydrogen-bond donors (Lipinski definition) is 2. The lowest BCUT2D eigenvalue weighted by Gasteiger charge is -2.20. The van der Waals surface area contributed by atoms with Crippen molar-refractivity contribution in [3.05, 3.63) is 47.7 Å². The third kappa shape index (κ3) is 5.87. The number of carbonyl (C=O) groups excluding carboxylic acids is 2. The molecule has 2 aromatic heterocycles. The van der Waals surface area contributed by atoms with Gasteiger partial charge in [-0.25, -0.2) is 9.97 Å². The number of imidazole rings is 1. The van der Waals surface area contributed by atoms with Crippen LogP contribution in [0.25, 0.3) is 11.2 Å². The number of hydrogen-bond acceptors (Lipinski definition) is 6. The van der Waals surface area contributed by atoms with E-state index in [4.69, 9.17) is 10.5 Å². The van der Waals surface area contributed by atoms with E-state index in [9.17, 15) is 9.59 Å². The lowest BCUT2D eigenvalue weighted by molar-refractivity contribution is 0.0762. The summed E-state index contributed by atoms with van der Waals surface area (Å²) in [5, 5.41) is 2.86. The standard InChI is InChI=1S/C24H32N6O3/c1-4-6-11-29(5-2)23(32)18-15-20-21(26-16-18)30(12-8-13-33-3)24(27-20)28-22(31)17-9-7-10-19(25)14-17/h7,9-10,14-16H,4-6,8,11-13,25H2,1-3H3,(H,27,28,31). The van der Waals surface area contributed by atoms with Crippen LogP contribution in [0.1, 0.15) is 53.8 Å². The number of methoxy groups -OCH3 is 1. The van der Waals surface area contributed by atoms with Crippen molar-refractivity contribution in [3.8, 4) is 0 Å². The zero-order chi connectivity index (χ0) is 23.8. The smallest absolute Gasteiger partial charge is 0.258 e. The number of nitrogens with two attached hydrogens (primary N) is 1. The van der Waals surface area contributed by atoms with Gasteiger partial charge in [0.2, 0.25) is 5.95 Å². The highest BCUT2D eigenvalue weighted by molar-refractivity contribution is 6.04. The van der Waals surface area contributed by atoms with Gasteiger partial charge in [-0.3, -0.25) is 19.5 Å². The summed E-state index contributed by atoms with van der Waals surface area (Å²) in [5.74, 6) is -0.0257. The zero-order valence-electron chi connectivity index (χ0n) is 19.5. The van der Waals surface area contributed by atoms with Crippen LogP contribution < -0.4 is 11.1 Å². The summed E-state index contributed by atoms with van der Waals surface area (Å²) in [7, 11) is 1.64. The average molecular weight is 453 g/mol. The molecule has 0 unspecified atom stereocenters. The maximum absolute atomic E-state index is 13.0. The fourth-order valence-corrected chi connectivity index (χ4v) is 3.59. The van der Waals surface area contributed by atoms with Crippen LogP contribution in [-0.2, 0) is 11.3 Å². The van der Waals surface area contributed by atoms with Crippen LogP contribution in [0.3, 0.4) is 0 Å². The van der Waals surface area contributed by atoms with E-state index in [-0.39, 0.29) is 11.8 Å². The van der Waals surface area contributed by atoms with Gasteiger partial charge in [-0.15, -0.1) is 0 Å². The van der Waals surface area contributed by atoms with Gasteiger partial charge in [0.25, 0.3) is 11.8 Å². The number of nitrogens with zero attached hydrogens (tertiary/aromatic N) is 4. The van der Waals surface area contributed by atoms with Gasteiger partial charge in [0.1, 0.15) is 5.52 Å². The van der Waals surface area contributed by atoms with Gasteiger partial charge in [0.05, 0.1) is 5.56 Å². The number of nitrogens with one attached hydrogen (secondary N) is 1. The van der Waals surface area contributed by atoms with Gasteiger partial charge in [0, 0.05) is 50.8 Å². The summed E-state index contributed by atoms with van der Waals surface area (Å²) < 4.78 is 7.01. The van der Waals surface area contributed by atoms with E-state index in [0.29, 0.717) is 66.6 Å². The SMILES string of the molecule is CCCCN(CC)C(=O)c1cnc2c(c1)nc(NC(=O)c1cccc(N)c1)n2CCCOC. The first-order chi connectivity index (χ1) is 16.0. The first-order valence-electron chi connectivity index (χ1n) is 11.3. The first-order valence-corrected chi connectivity index (χ1v) is 11.3. The van der Waals surface area contributed by atoms with Crippen molar-refractivity contribution in [2.24, 2.45) is 0 Å². The molecule has 3 rings (SSSR count). The van der Waals surface area contributed by atoms with Crippen LogP contribution in [0, 0.1) is 0 Å². The number of aromatic nitrogens is 3. The van der Waals surface area contributed by atoms with E-state index in [1.165, 1.54) is 0 Å². The number of rotatable bonds is 11. The molecular formula is C24H32N6O3. The lowest BCUT2D eigenvalue weighted by atomic mass is 10.2. The summed E-state index contributed by atoms with van der Waals surface area (Å²) in [6, 6.07) is 8.48. The predicted molar refractivity (Wildman–Crippen MR) is 129 cm³/mol. The highest BCUT2D eigenvalue weighted by Gasteiger charge is 2.19. The van der Waals surface area contributed by atoms with E-state index < -0.39 is 0 Å². The molecule has 1 aromatic carbocycles. The molecule has 0 saturated heterocycles. The Morgan fingerprint density at radius 1 is 1.18 bits per heavy atom. The minimum atomic E-state index is -0.321. The van der Waals surface area contributed by atoms with Crippen molar-refractivity contribution in [2.45, 2.75) is 39.7 Å². The number of aryl methyl sites for hydroxylation is 1. The Balaban J connectivity index is 1.93. The van der Waals surface area contributed by atoms with Crippen molar-refractivity contribution in [3.63, 3.8) is 0 Å². The molecule has 3 N–H and O–H groups in total. The quantitative estimate of drug-likeness (QED) is 0.339. The second kappa shape index (κ2) is 11.4. The highest BCUT2D eigenvalue weighted by atomic mass is 16.5. The summed E-state index contributed by atoms with van der Waals surface area (Å²) >= 11 is 0. The van der Waals surface area contributed by atoms with Gasteiger partial charge < -0.3 is 15.4 Å². The molecule has 176 valence electrons. The van der Waals surface area contributed by atoms with Crippen LogP contribution in [0.2, 0.25) is 0 Å². The van der Waals surface area contributed by atoms with Crippen molar-refractivity contribution >= 4 is 34.6 Å². The molecule has 3 aromatic rings. The molecule has 9 nitrogen and oxygen atoms in total. The summed E-state index contributed by atoms with van der Waals surface area (Å²) in [6.07, 6.45) is 4.26. The number of anilines is 2. The van der Waals surface area contributed by atoms with Gasteiger partial charge in [-0.05, 0) is 44.0 Å². The molecule has 0 aliphatic rings. The Kier molecular flexibility index (Phi) is 8.37. The van der Waals surface area contributed by atoms with Crippen molar-refractivity contribution in [1.29, 1.82) is 0 Å². The number of ether oxygens (including phenoxy) is 1. The molecule has 9 heteroatoms. The molecular weight excluding hydrogens is 420 g/mol. The molecule has 0 radical (unpaired) electrons. The number of benzene rings is 1. The van der Waals surface area contributed by atoms with Crippen molar-refractivity contribution < 1.29 is 14.3 Å². The molecule has 2 heterocycles. The summed E-state index contributed by atoms with van der Waals surface area (Å²) in [4.78, 5) is 36.7. The summed E-state index contributed by atoms with van der Waals surface area (Å²) in [6.45, 7) is 6.51. The highest BCUT2D eigenvalue weighted by Crippen LogP contribution is 2.21. The predicted octanol–water partition coefficient (Wildman–Crippen LogP) is 3.56. The second-order valence-electron chi connectivity index (χ2n) is 7.82. The number of pyridine rings is 1. The van der Waals surface area contributed by atoms with Crippen LogP contribution in [0.15, 0.2) is 36.5 Å². The fraction of sp³-hybridized carbons (Fsp3) is 0.417. The van der Waals surface area contributed by atoms with E-state index in [1.807, 2.05) is 16.4 Å². The molecule has 0 atom stereocenters. The number of fused-ring (bicyclic) bond motifs is 1. The number of nitrogen functional groups attached to an aromatic ring is 1. The maximum Gasteiger partial charge on any atom is 0.258 e. The maximum atomic E-state index is 13.0. The van der Waals surface area contributed by atoms with E-state index in [2.05, 4.69) is 22.2 Å². The minimum absolute atomic E-state index is 0.0698. The largest absolute Gasteiger partial charge is 0.399 e. The van der Waals surface area contributed by atoms with Crippen LogP contribution in [0.5, 0.6) is 0 Å². The fourth-order valence-electron chi connectivity index (χ4n) is 3.59. The Labute approximate surface area is 193 Å². The Morgan fingerprint density at radius 2 is 2.00 bits per heavy atom. The van der Waals surface area contributed by atoms with Crippen LogP contribution in [-0.4, -0.2) is 58.1 Å². The molecule has 0 aliphatic heterocycles. The van der Waals surface area contributed by atoms with Gasteiger partial charge in [-0.1, -0.05) is 19.4 Å². The number of amides is 2. The van der Waals surface area contributed by atoms with Crippen LogP contribution >= 0.6 is 0 Å². The van der Waals surface area contributed by atoms with E-state index >= 15 is 0 Å². The second-order valence-corrected chi connectivity index (χ2v) is 7.82. The molecule has 0 fully saturated rings. The molecule has 0 spiro atoms. The third-order valence-corrected chi connectivity index (χ3v) is 5.39. The molecule has 0 saturated carbocycles. The van der Waals surface area contributed by atoms with Crippen molar-refractivity contribution in [2.75, 3.05) is 37.9 Å². The van der Waals surface area contributed by atoms with Crippen molar-refractivity contribution in [1.82, 2.24) is 19.4 Å². The summed E-state index contributed by atoms with van der Waals surface area (Å²) in [5.41, 5.74) is 8.38. The number of carbonyl (C=O) groups is 2. The van der Waals surface area contributed by atoms with E-state index in [0.717, 1.165) is 12.8 Å². The molecule has 33 heavy (non-hydrogen) atoms. The zero-order valence-corrected chi connectivity index (χ0v) is 19.5. The minimum Gasteiger partial charge on any atom is -0.399 e. The Morgan fingerprint density at radius 3 is 2.70 bits per heavy atom. The Hall–Kier alpha value is -3.46. The third-order valence-electron chi connectivity index (χ3n) is 5.39. The first kappa shape index (κ1) is 24.2. The lowest BCUT2D eigenvalue weighted by Crippen LogP contribution is -2.31.